The summed E-state index contributed by atoms with van der Waals surface area (Å²) in [4.78, 5) is 7.99. The zero-order valence-corrected chi connectivity index (χ0v) is 46.6. The van der Waals surface area contributed by atoms with Crippen LogP contribution in [0.2, 0.25) is 0 Å². The minimum absolute atomic E-state index is 0.00365. The summed E-state index contributed by atoms with van der Waals surface area (Å²) < 4.78 is 0. The Bertz CT molecular complexity index is 3750. The van der Waals surface area contributed by atoms with Gasteiger partial charge in [0.2, 0.25) is 0 Å². The summed E-state index contributed by atoms with van der Waals surface area (Å²) in [6, 6.07) is 73.5. The van der Waals surface area contributed by atoms with Crippen LogP contribution in [0.5, 0.6) is 0 Å². The van der Waals surface area contributed by atoms with Crippen molar-refractivity contribution in [3.63, 3.8) is 0 Å². The summed E-state index contributed by atoms with van der Waals surface area (Å²) >= 11 is 1.91. The number of fused-ring (bicyclic) bond motifs is 14. The van der Waals surface area contributed by atoms with Crippen molar-refractivity contribution in [1.82, 2.24) is 0 Å². The first-order valence-electron chi connectivity index (χ1n) is 27.1. The standard InChI is InChI=1S/C71H67BN2S/c1-67(2,3)45-30-35-49(36-31-45)73-59-38-33-47(69(7,8)9)41-56(59)72-57-42-48(70(10,11)12)34-39-60(57)74(58-37-32-46(68(4,5)6)40-51(58)44-22-14-13-15-23-44)66-64-50-24-16-17-25-52(50)71(55(64)43-61(73)65(66)72)53-26-18-20-28-62(53)75-63-29-21-19-27-54(63)71/h13-43H,1-12H3. The van der Waals surface area contributed by atoms with Gasteiger partial charge in [-0.25, -0.2) is 0 Å². The fraction of sp³-hybridized carbons (Fsp3) is 0.239. The largest absolute Gasteiger partial charge is 0.311 e. The molecule has 1 aliphatic carbocycles. The van der Waals surface area contributed by atoms with Gasteiger partial charge in [-0.2, -0.15) is 0 Å². The monoisotopic (exact) mass is 991 g/mol. The molecular formula is C71H67BN2S. The maximum Gasteiger partial charge on any atom is 0.252 e. The third-order valence-corrected chi connectivity index (χ3v) is 18.1. The Hall–Kier alpha value is -7.01. The van der Waals surface area contributed by atoms with Crippen molar-refractivity contribution in [2.75, 3.05) is 9.80 Å². The molecule has 0 radical (unpaired) electrons. The lowest BCUT2D eigenvalue weighted by atomic mass is 9.33. The summed E-state index contributed by atoms with van der Waals surface area (Å²) in [7, 11) is 0. The molecule has 13 rings (SSSR count). The van der Waals surface area contributed by atoms with Crippen LogP contribution in [0.25, 0.3) is 22.3 Å². The molecule has 0 unspecified atom stereocenters. The number of benzene rings is 9. The van der Waals surface area contributed by atoms with Crippen LogP contribution >= 0.6 is 11.8 Å². The predicted molar refractivity (Wildman–Crippen MR) is 322 cm³/mol. The Kier molecular flexibility index (Phi) is 10.5. The third-order valence-electron chi connectivity index (χ3n) is 16.9. The number of hydrogen-bond donors (Lipinski definition) is 0. The molecule has 9 aromatic rings. The highest BCUT2D eigenvalue weighted by atomic mass is 32.2. The van der Waals surface area contributed by atoms with Gasteiger partial charge < -0.3 is 9.80 Å². The maximum atomic E-state index is 2.73. The van der Waals surface area contributed by atoms with E-state index in [1.165, 1.54) is 127 Å². The highest BCUT2D eigenvalue weighted by molar-refractivity contribution is 7.99. The number of hydrogen-bond acceptors (Lipinski definition) is 3. The van der Waals surface area contributed by atoms with E-state index in [0.717, 1.165) is 0 Å². The van der Waals surface area contributed by atoms with Crippen molar-refractivity contribution in [1.29, 1.82) is 0 Å². The fourth-order valence-corrected chi connectivity index (χ4v) is 14.2. The van der Waals surface area contributed by atoms with Crippen LogP contribution in [0.15, 0.2) is 198 Å². The van der Waals surface area contributed by atoms with E-state index in [2.05, 4.69) is 281 Å². The van der Waals surface area contributed by atoms with E-state index in [4.69, 9.17) is 0 Å². The van der Waals surface area contributed by atoms with Crippen molar-refractivity contribution in [3.8, 4) is 22.3 Å². The van der Waals surface area contributed by atoms with Crippen LogP contribution in [-0.4, -0.2) is 6.71 Å². The normalized spacial score (nSPS) is 14.9. The zero-order chi connectivity index (χ0) is 52.1. The summed E-state index contributed by atoms with van der Waals surface area (Å²) in [5.74, 6) is 0. The van der Waals surface area contributed by atoms with E-state index < -0.39 is 5.41 Å². The van der Waals surface area contributed by atoms with Gasteiger partial charge in [0.05, 0.1) is 16.8 Å². The lowest BCUT2D eigenvalue weighted by molar-refractivity contribution is 0.590. The molecule has 4 heteroatoms. The van der Waals surface area contributed by atoms with Gasteiger partial charge >= 0.3 is 0 Å². The minimum atomic E-state index is -0.607. The average Bonchev–Trinajstić information content (AvgIpc) is 3.91. The fourth-order valence-electron chi connectivity index (χ4n) is 13.0. The molecule has 0 amide bonds. The number of rotatable bonds is 3. The first-order valence-corrected chi connectivity index (χ1v) is 27.9. The number of nitrogens with zero attached hydrogens (tertiary/aromatic N) is 2. The molecule has 0 saturated carbocycles. The van der Waals surface area contributed by atoms with E-state index in [-0.39, 0.29) is 28.4 Å². The molecule has 0 aromatic heterocycles. The first kappa shape index (κ1) is 47.7. The third kappa shape index (κ3) is 7.15. The molecule has 1 spiro atoms. The highest BCUT2D eigenvalue weighted by Crippen LogP contribution is 2.66. The van der Waals surface area contributed by atoms with Gasteiger partial charge in [0.25, 0.3) is 6.71 Å². The van der Waals surface area contributed by atoms with Gasteiger partial charge in [-0.05, 0) is 148 Å². The topological polar surface area (TPSA) is 6.48 Å². The van der Waals surface area contributed by atoms with Crippen LogP contribution < -0.4 is 26.2 Å². The summed E-state index contributed by atoms with van der Waals surface area (Å²) in [5.41, 5.74) is 26.2. The minimum Gasteiger partial charge on any atom is -0.311 e. The van der Waals surface area contributed by atoms with Crippen molar-refractivity contribution in [2.24, 2.45) is 0 Å². The van der Waals surface area contributed by atoms with Crippen LogP contribution in [0, 0.1) is 0 Å². The van der Waals surface area contributed by atoms with Crippen molar-refractivity contribution in [2.45, 2.75) is 120 Å². The molecular weight excluding hydrogens is 924 g/mol. The van der Waals surface area contributed by atoms with E-state index in [9.17, 15) is 0 Å². The maximum absolute atomic E-state index is 2.73. The van der Waals surface area contributed by atoms with Gasteiger partial charge in [0, 0.05) is 43.7 Å². The summed E-state index contributed by atoms with van der Waals surface area (Å²) in [6.07, 6.45) is 0. The second-order valence-corrected chi connectivity index (χ2v) is 26.9. The summed E-state index contributed by atoms with van der Waals surface area (Å²) in [6.45, 7) is 28.1. The molecule has 2 nitrogen and oxygen atoms in total. The van der Waals surface area contributed by atoms with Crippen LogP contribution in [0.3, 0.4) is 0 Å². The van der Waals surface area contributed by atoms with Gasteiger partial charge in [0.1, 0.15) is 0 Å². The number of anilines is 6. The average molecular weight is 991 g/mol. The molecule has 3 heterocycles. The van der Waals surface area contributed by atoms with E-state index in [1.807, 2.05) is 11.8 Å². The Labute approximate surface area is 451 Å². The molecule has 0 saturated heterocycles. The van der Waals surface area contributed by atoms with Crippen LogP contribution in [0.4, 0.5) is 34.1 Å². The Morgan fingerprint density at radius 3 is 1.40 bits per heavy atom. The van der Waals surface area contributed by atoms with Crippen LogP contribution in [-0.2, 0) is 27.1 Å². The SMILES string of the molecule is CC(C)(C)c1ccc(N2c3ccc(C(C)(C)C)cc3B3c4cc(C(C)(C)C)ccc4N(c4ccc(C(C)(C)C)cc4-c4ccccc4)c4c3c2cc2c4-c3ccccc3C23c2ccccc2Sc2ccccc23)cc1. The molecule has 0 fully saturated rings. The van der Waals surface area contributed by atoms with Crippen molar-refractivity contribution in [3.05, 3.63) is 233 Å². The smallest absolute Gasteiger partial charge is 0.252 e. The second-order valence-electron chi connectivity index (χ2n) is 25.8. The Balaban J connectivity index is 1.26. The van der Waals surface area contributed by atoms with E-state index in [0.29, 0.717) is 0 Å². The van der Waals surface area contributed by atoms with Gasteiger partial charge in [-0.15, -0.1) is 0 Å². The molecule has 9 aromatic carbocycles. The molecule has 0 bridgehead atoms. The Morgan fingerprint density at radius 1 is 0.373 bits per heavy atom. The molecule has 0 atom stereocenters. The lowest BCUT2D eigenvalue weighted by Gasteiger charge is -2.47. The van der Waals surface area contributed by atoms with E-state index >= 15 is 0 Å². The second kappa shape index (κ2) is 16.5. The van der Waals surface area contributed by atoms with Crippen molar-refractivity contribution < 1.29 is 0 Å². The Morgan fingerprint density at radius 2 is 0.840 bits per heavy atom. The predicted octanol–water partition coefficient (Wildman–Crippen LogP) is 17.5. The van der Waals surface area contributed by atoms with Gasteiger partial charge in [-0.3, -0.25) is 0 Å². The lowest BCUT2D eigenvalue weighted by Crippen LogP contribution is -2.62. The van der Waals surface area contributed by atoms with E-state index in [1.54, 1.807) is 0 Å². The van der Waals surface area contributed by atoms with Gasteiger partial charge in [-0.1, -0.05) is 228 Å². The first-order chi connectivity index (χ1) is 35.7. The highest BCUT2D eigenvalue weighted by Gasteiger charge is 2.55. The molecule has 0 N–H and O–H groups in total. The molecule has 75 heavy (non-hydrogen) atoms. The quantitative estimate of drug-likeness (QED) is 0.163. The van der Waals surface area contributed by atoms with Crippen molar-refractivity contribution >= 4 is 69.0 Å². The molecule has 370 valence electrons. The summed E-state index contributed by atoms with van der Waals surface area (Å²) in [5, 5.41) is 0. The zero-order valence-electron chi connectivity index (χ0n) is 45.8. The molecule has 4 aliphatic rings. The van der Waals surface area contributed by atoms with Crippen LogP contribution in [0.1, 0.15) is 128 Å². The molecule has 3 aliphatic heterocycles. The van der Waals surface area contributed by atoms with Gasteiger partial charge in [0.15, 0.2) is 0 Å².